The van der Waals surface area contributed by atoms with Gasteiger partial charge in [0, 0.05) is 23.5 Å². The van der Waals surface area contributed by atoms with Gasteiger partial charge in [-0.05, 0) is 36.1 Å². The molecule has 1 aromatic heterocycles. The molecule has 2 N–H and O–H groups in total. The van der Waals surface area contributed by atoms with Crippen molar-refractivity contribution in [2.24, 2.45) is 5.73 Å². The minimum atomic E-state index is -0.0827. The Morgan fingerprint density at radius 3 is 3.05 bits per heavy atom. The van der Waals surface area contributed by atoms with Gasteiger partial charge in [-0.15, -0.1) is 5.10 Å². The summed E-state index contributed by atoms with van der Waals surface area (Å²) < 4.78 is 3.75. The van der Waals surface area contributed by atoms with Crippen molar-refractivity contribution in [3.63, 3.8) is 0 Å². The average molecular weight is 274 g/mol. The third-order valence-corrected chi connectivity index (χ3v) is 3.91. The number of carbonyl (C=O) groups is 1. The summed E-state index contributed by atoms with van der Waals surface area (Å²) >= 11 is 1.19. The largest absolute Gasteiger partial charge is 0.330 e. The van der Waals surface area contributed by atoms with Gasteiger partial charge in [-0.2, -0.15) is 0 Å². The second kappa shape index (κ2) is 5.07. The number of benzene rings is 1. The zero-order valence-corrected chi connectivity index (χ0v) is 11.1. The van der Waals surface area contributed by atoms with Crippen molar-refractivity contribution in [1.82, 2.24) is 9.59 Å². The predicted molar refractivity (Wildman–Crippen MR) is 74.4 cm³/mol. The Hall–Kier alpha value is -1.79. The number of rotatable bonds is 3. The SMILES string of the molecule is NCCC1CN(C(=O)c2csnn2)c2ccccc21. The van der Waals surface area contributed by atoms with Gasteiger partial charge in [0.2, 0.25) is 0 Å². The Balaban J connectivity index is 1.94. The number of fused-ring (bicyclic) bond motifs is 1. The molecule has 1 aliphatic heterocycles. The molecule has 3 rings (SSSR count). The summed E-state index contributed by atoms with van der Waals surface area (Å²) in [7, 11) is 0. The highest BCUT2D eigenvalue weighted by molar-refractivity contribution is 7.03. The van der Waals surface area contributed by atoms with Crippen LogP contribution in [0.2, 0.25) is 0 Å². The predicted octanol–water partition coefficient (Wildman–Crippen LogP) is 1.63. The molecule has 0 fully saturated rings. The first-order valence-electron chi connectivity index (χ1n) is 6.19. The second-order valence-corrected chi connectivity index (χ2v) is 5.15. The summed E-state index contributed by atoms with van der Waals surface area (Å²) in [5.41, 5.74) is 8.24. The van der Waals surface area contributed by atoms with Crippen molar-refractivity contribution in [2.75, 3.05) is 18.0 Å². The molecular weight excluding hydrogens is 260 g/mol. The third kappa shape index (κ3) is 2.13. The molecule has 0 saturated carbocycles. The number of anilines is 1. The van der Waals surface area contributed by atoms with Crippen LogP contribution in [0, 0.1) is 0 Å². The van der Waals surface area contributed by atoms with Gasteiger partial charge in [-0.1, -0.05) is 22.7 Å². The van der Waals surface area contributed by atoms with Crippen LogP contribution in [-0.2, 0) is 0 Å². The van der Waals surface area contributed by atoms with Gasteiger partial charge in [0.1, 0.15) is 0 Å². The fourth-order valence-corrected chi connectivity index (χ4v) is 2.96. The number of hydrogen-bond acceptors (Lipinski definition) is 5. The molecule has 5 nitrogen and oxygen atoms in total. The summed E-state index contributed by atoms with van der Waals surface area (Å²) in [6.45, 7) is 1.30. The first-order valence-corrected chi connectivity index (χ1v) is 7.03. The van der Waals surface area contributed by atoms with Gasteiger partial charge >= 0.3 is 0 Å². The van der Waals surface area contributed by atoms with Gasteiger partial charge in [-0.25, -0.2) is 0 Å². The van der Waals surface area contributed by atoms with E-state index >= 15 is 0 Å². The van der Waals surface area contributed by atoms with Crippen molar-refractivity contribution in [1.29, 1.82) is 0 Å². The van der Waals surface area contributed by atoms with E-state index in [0.29, 0.717) is 24.7 Å². The van der Waals surface area contributed by atoms with Crippen LogP contribution in [0.25, 0.3) is 0 Å². The van der Waals surface area contributed by atoms with Crippen LogP contribution in [0.5, 0.6) is 0 Å². The summed E-state index contributed by atoms with van der Waals surface area (Å²) in [5, 5.41) is 5.54. The maximum Gasteiger partial charge on any atom is 0.279 e. The topological polar surface area (TPSA) is 72.1 Å². The summed E-state index contributed by atoms with van der Waals surface area (Å²) in [4.78, 5) is 14.2. The molecule has 2 heterocycles. The van der Waals surface area contributed by atoms with Gasteiger partial charge < -0.3 is 10.6 Å². The Kier molecular flexibility index (Phi) is 3.27. The lowest BCUT2D eigenvalue weighted by molar-refractivity contribution is 0.0983. The first-order chi connectivity index (χ1) is 9.31. The maximum absolute atomic E-state index is 12.4. The van der Waals surface area contributed by atoms with Crippen LogP contribution in [0.4, 0.5) is 5.69 Å². The van der Waals surface area contributed by atoms with Crippen molar-refractivity contribution in [3.8, 4) is 0 Å². The Morgan fingerprint density at radius 2 is 2.32 bits per heavy atom. The number of aromatic nitrogens is 2. The molecule has 1 aliphatic rings. The molecule has 0 spiro atoms. The van der Waals surface area contributed by atoms with Gasteiger partial charge in [-0.3, -0.25) is 4.79 Å². The number of nitrogens with zero attached hydrogens (tertiary/aromatic N) is 3. The number of nitrogens with two attached hydrogens (primary N) is 1. The summed E-state index contributed by atoms with van der Waals surface area (Å²) in [5.74, 6) is 0.234. The zero-order valence-electron chi connectivity index (χ0n) is 10.3. The molecule has 1 unspecified atom stereocenters. The monoisotopic (exact) mass is 274 g/mol. The van der Waals surface area contributed by atoms with Crippen molar-refractivity contribution >= 4 is 23.1 Å². The fraction of sp³-hybridized carbons (Fsp3) is 0.308. The summed E-state index contributed by atoms with van der Waals surface area (Å²) in [6.07, 6.45) is 0.885. The molecule has 98 valence electrons. The zero-order chi connectivity index (χ0) is 13.2. The molecular formula is C13H14N4OS. The Bertz CT molecular complexity index is 584. The van der Waals surface area contributed by atoms with E-state index < -0.39 is 0 Å². The van der Waals surface area contributed by atoms with Gasteiger partial charge in [0.25, 0.3) is 5.91 Å². The van der Waals surface area contributed by atoms with E-state index in [4.69, 9.17) is 5.73 Å². The summed E-state index contributed by atoms with van der Waals surface area (Å²) in [6, 6.07) is 8.00. The van der Waals surface area contributed by atoms with Crippen LogP contribution >= 0.6 is 11.5 Å². The van der Waals surface area contributed by atoms with E-state index in [0.717, 1.165) is 12.1 Å². The van der Waals surface area contributed by atoms with Crippen LogP contribution in [-0.4, -0.2) is 28.6 Å². The average Bonchev–Trinajstić information content (AvgIpc) is 3.07. The molecule has 2 aromatic rings. The third-order valence-electron chi connectivity index (χ3n) is 3.41. The standard InChI is InChI=1S/C13H14N4OS/c14-6-5-9-7-17(12-4-2-1-3-10(9)12)13(18)11-8-19-16-15-11/h1-4,8-9H,5-7,14H2. The molecule has 1 amide bonds. The first kappa shape index (κ1) is 12.3. The normalized spacial score (nSPS) is 17.5. The smallest absolute Gasteiger partial charge is 0.279 e. The maximum atomic E-state index is 12.4. The Labute approximate surface area is 115 Å². The number of hydrogen-bond donors (Lipinski definition) is 1. The number of para-hydroxylation sites is 1. The van der Waals surface area contributed by atoms with E-state index in [1.165, 1.54) is 17.1 Å². The van der Waals surface area contributed by atoms with Crippen LogP contribution in [0.1, 0.15) is 28.4 Å². The van der Waals surface area contributed by atoms with E-state index in [9.17, 15) is 4.79 Å². The molecule has 0 radical (unpaired) electrons. The minimum Gasteiger partial charge on any atom is -0.330 e. The highest BCUT2D eigenvalue weighted by atomic mass is 32.1. The van der Waals surface area contributed by atoms with Crippen LogP contribution in [0.15, 0.2) is 29.6 Å². The van der Waals surface area contributed by atoms with Crippen molar-refractivity contribution in [3.05, 3.63) is 40.9 Å². The van der Waals surface area contributed by atoms with Crippen molar-refractivity contribution < 1.29 is 4.79 Å². The molecule has 0 aliphatic carbocycles. The lowest BCUT2D eigenvalue weighted by Gasteiger charge is -2.16. The number of amides is 1. The van der Waals surface area contributed by atoms with Gasteiger partial charge in [0.15, 0.2) is 5.69 Å². The van der Waals surface area contributed by atoms with Crippen LogP contribution < -0.4 is 10.6 Å². The molecule has 6 heteroatoms. The molecule has 0 bridgehead atoms. The molecule has 1 atom stereocenters. The minimum absolute atomic E-state index is 0.0827. The highest BCUT2D eigenvalue weighted by Gasteiger charge is 2.32. The van der Waals surface area contributed by atoms with Crippen molar-refractivity contribution in [2.45, 2.75) is 12.3 Å². The lowest BCUT2D eigenvalue weighted by Crippen LogP contribution is -2.30. The Morgan fingerprint density at radius 1 is 1.47 bits per heavy atom. The van der Waals surface area contributed by atoms with E-state index in [1.807, 2.05) is 18.2 Å². The molecule has 19 heavy (non-hydrogen) atoms. The lowest BCUT2D eigenvalue weighted by atomic mass is 9.98. The molecule has 1 aromatic carbocycles. The van der Waals surface area contributed by atoms with E-state index in [1.54, 1.807) is 10.3 Å². The second-order valence-electron chi connectivity index (χ2n) is 4.54. The van der Waals surface area contributed by atoms with E-state index in [-0.39, 0.29) is 5.91 Å². The van der Waals surface area contributed by atoms with E-state index in [2.05, 4.69) is 15.7 Å². The fourth-order valence-electron chi connectivity index (χ4n) is 2.53. The number of carbonyl (C=O) groups excluding carboxylic acids is 1. The quantitative estimate of drug-likeness (QED) is 0.923. The van der Waals surface area contributed by atoms with Crippen LogP contribution in [0.3, 0.4) is 0 Å². The highest BCUT2D eigenvalue weighted by Crippen LogP contribution is 2.38. The van der Waals surface area contributed by atoms with Gasteiger partial charge in [0.05, 0.1) is 0 Å². The molecule has 0 saturated heterocycles.